The Bertz CT molecular complexity index is 2440. The average molecular weight is 650 g/mol. The molecule has 4 aromatic carbocycles. The lowest BCUT2D eigenvalue weighted by Gasteiger charge is -2.22. The number of ether oxygens (including phenoxy) is 1. The zero-order chi connectivity index (χ0) is 37.2. The fraction of sp³-hybridized carbons (Fsp3) is 0.273. The molecule has 0 spiro atoms. The number of benzene rings is 4. The Hall–Kier alpha value is -5.16. The summed E-state index contributed by atoms with van der Waals surface area (Å²) >= 11 is 0. The first-order chi connectivity index (χ1) is 24.5. The Morgan fingerprint density at radius 3 is 2.22 bits per heavy atom. The van der Waals surface area contributed by atoms with Crippen LogP contribution < -0.4 is 4.74 Å². The van der Waals surface area contributed by atoms with E-state index in [-0.39, 0.29) is 10.8 Å². The first kappa shape index (κ1) is 28.8. The minimum absolute atomic E-state index is 0.0818. The summed E-state index contributed by atoms with van der Waals surface area (Å²) in [7, 11) is 0. The first-order valence-electron chi connectivity index (χ1n) is 18.6. The molecule has 5 nitrogen and oxygen atoms in total. The minimum Gasteiger partial charge on any atom is -0.457 e. The lowest BCUT2D eigenvalue weighted by molar-refractivity contribution is 0.478. The van der Waals surface area contributed by atoms with Gasteiger partial charge in [-0.05, 0) is 96.2 Å². The van der Waals surface area contributed by atoms with Crippen LogP contribution in [0.2, 0.25) is 0 Å². The summed E-state index contributed by atoms with van der Waals surface area (Å²) in [5.74, 6) is 2.13. The second kappa shape index (κ2) is 12.1. The highest BCUT2D eigenvalue weighted by molar-refractivity contribution is 6.09. The quantitative estimate of drug-likeness (QED) is 0.180. The monoisotopic (exact) mass is 649 g/mol. The van der Waals surface area contributed by atoms with Crippen molar-refractivity contribution in [2.24, 2.45) is 0 Å². The number of aromatic nitrogens is 4. The van der Waals surface area contributed by atoms with E-state index in [4.69, 9.17) is 18.9 Å². The van der Waals surface area contributed by atoms with E-state index in [0.29, 0.717) is 17.1 Å². The molecule has 3 aromatic heterocycles. The molecule has 0 bridgehead atoms. The summed E-state index contributed by atoms with van der Waals surface area (Å²) in [5.41, 5.74) is 9.51. The summed E-state index contributed by atoms with van der Waals surface area (Å²) in [4.78, 5) is 4.81. The van der Waals surface area contributed by atoms with Crippen molar-refractivity contribution in [2.75, 3.05) is 0 Å². The molecule has 0 saturated heterocycles. The van der Waals surface area contributed by atoms with Crippen LogP contribution in [-0.4, -0.2) is 19.3 Å². The maximum absolute atomic E-state index is 8.09. The number of hydrogen-bond donors (Lipinski definition) is 0. The third-order valence-corrected chi connectivity index (χ3v) is 9.37. The minimum atomic E-state index is -2.22. The van der Waals surface area contributed by atoms with Crippen LogP contribution in [0.25, 0.3) is 44.4 Å². The summed E-state index contributed by atoms with van der Waals surface area (Å²) in [5, 5.41) is 6.85. The molecule has 0 unspecified atom stereocenters. The fourth-order valence-corrected chi connectivity index (χ4v) is 6.75. The van der Waals surface area contributed by atoms with E-state index < -0.39 is 6.85 Å². The van der Waals surface area contributed by atoms with Crippen LogP contribution in [0.4, 0.5) is 0 Å². The molecule has 0 aliphatic carbocycles. The molecule has 248 valence electrons. The molecular weight excluding hydrogens is 601 g/mol. The van der Waals surface area contributed by atoms with Gasteiger partial charge in [0.05, 0.1) is 28.1 Å². The third-order valence-electron chi connectivity index (χ3n) is 9.37. The van der Waals surface area contributed by atoms with Crippen LogP contribution >= 0.6 is 0 Å². The van der Waals surface area contributed by atoms with Crippen molar-refractivity contribution in [3.63, 3.8) is 0 Å². The Kier molecular flexibility index (Phi) is 7.10. The highest BCUT2D eigenvalue weighted by Gasteiger charge is 2.22. The average Bonchev–Trinajstić information content (AvgIpc) is 3.61. The first-order valence-corrected chi connectivity index (χ1v) is 17.1. The standard InChI is InChI=1S/C44H46N4O/c1-10-38-42(30-14-12-11-13-15-30)29(3)46-48(38)33-23-32(44(7,8)9)24-35(26-33)49-34-17-18-36-37-22-28(2)16-19-39(37)47(40(36)27-34)41-25-31(20-21-45-41)43(4,5)6/h11-27H,10H2,1-9H3/i2D3. The van der Waals surface area contributed by atoms with Crippen LogP contribution in [0.5, 0.6) is 11.5 Å². The molecule has 5 heteroatoms. The molecular formula is C44H46N4O. The Labute approximate surface area is 294 Å². The van der Waals surface area contributed by atoms with Gasteiger partial charge in [0.1, 0.15) is 17.3 Å². The zero-order valence-corrected chi connectivity index (χ0v) is 29.7. The number of hydrogen-bond acceptors (Lipinski definition) is 3. The van der Waals surface area contributed by atoms with Gasteiger partial charge < -0.3 is 4.74 Å². The highest BCUT2D eigenvalue weighted by atomic mass is 16.5. The molecule has 0 aliphatic heterocycles. The molecule has 0 aliphatic rings. The largest absolute Gasteiger partial charge is 0.457 e. The van der Waals surface area contributed by atoms with Crippen molar-refractivity contribution in [2.45, 2.75) is 79.5 Å². The van der Waals surface area contributed by atoms with Crippen molar-refractivity contribution in [1.29, 1.82) is 0 Å². The maximum atomic E-state index is 8.09. The maximum Gasteiger partial charge on any atom is 0.137 e. The predicted molar refractivity (Wildman–Crippen MR) is 204 cm³/mol. The normalized spacial score (nSPS) is 13.4. The van der Waals surface area contributed by atoms with Gasteiger partial charge in [0.15, 0.2) is 0 Å². The molecule has 0 saturated carbocycles. The van der Waals surface area contributed by atoms with E-state index in [1.165, 1.54) is 0 Å². The van der Waals surface area contributed by atoms with Gasteiger partial charge in [-0.15, -0.1) is 0 Å². The molecule has 49 heavy (non-hydrogen) atoms. The molecule has 0 N–H and O–H groups in total. The van der Waals surface area contributed by atoms with Crippen molar-refractivity contribution in [1.82, 2.24) is 19.3 Å². The van der Waals surface area contributed by atoms with Crippen LogP contribution in [0.15, 0.2) is 103 Å². The highest BCUT2D eigenvalue weighted by Crippen LogP contribution is 2.38. The van der Waals surface area contributed by atoms with Gasteiger partial charge in [0.25, 0.3) is 0 Å². The van der Waals surface area contributed by atoms with E-state index in [2.05, 4.69) is 113 Å². The molecule has 0 atom stereocenters. The van der Waals surface area contributed by atoms with Crippen molar-refractivity contribution < 1.29 is 8.85 Å². The summed E-state index contributed by atoms with van der Waals surface area (Å²) in [6.45, 7) is 15.2. The van der Waals surface area contributed by atoms with Crippen molar-refractivity contribution in [3.8, 4) is 34.1 Å². The van der Waals surface area contributed by atoms with E-state index in [0.717, 1.165) is 73.4 Å². The fourth-order valence-electron chi connectivity index (χ4n) is 6.75. The Balaban J connectivity index is 1.39. The number of nitrogens with zero attached hydrogens (tertiary/aromatic N) is 4. The lowest BCUT2D eigenvalue weighted by Crippen LogP contribution is -2.13. The van der Waals surface area contributed by atoms with Crippen LogP contribution in [0, 0.1) is 13.8 Å². The van der Waals surface area contributed by atoms with Gasteiger partial charge in [-0.1, -0.05) is 90.4 Å². The van der Waals surface area contributed by atoms with Gasteiger partial charge in [-0.3, -0.25) is 4.57 Å². The second-order valence-corrected chi connectivity index (χ2v) is 15.0. The Morgan fingerprint density at radius 2 is 1.51 bits per heavy atom. The van der Waals surface area contributed by atoms with E-state index in [1.807, 2.05) is 42.6 Å². The number of fused-ring (bicyclic) bond motifs is 3. The SMILES string of the molecule is [2H]C([2H])([2H])c1ccc2c(c1)c1ccc(Oc3cc(-n4nc(C)c(-c5ccccc5)c4CC)cc(C(C)(C)C)c3)cc1n2-c1cc(C(C)(C)C)ccn1. The molecule has 7 rings (SSSR count). The third kappa shape index (κ3) is 6.03. The van der Waals surface area contributed by atoms with E-state index in [9.17, 15) is 0 Å². The van der Waals surface area contributed by atoms with Gasteiger partial charge in [0.2, 0.25) is 0 Å². The van der Waals surface area contributed by atoms with Crippen LogP contribution in [0.1, 0.15) is 80.7 Å². The number of rotatable bonds is 6. The van der Waals surface area contributed by atoms with Gasteiger partial charge in [-0.2, -0.15) is 5.10 Å². The molecule has 3 heterocycles. The predicted octanol–water partition coefficient (Wildman–Crippen LogP) is 11.6. The summed E-state index contributed by atoms with van der Waals surface area (Å²) < 4.78 is 35.2. The zero-order valence-electron chi connectivity index (χ0n) is 32.7. The second-order valence-electron chi connectivity index (χ2n) is 15.0. The van der Waals surface area contributed by atoms with E-state index >= 15 is 0 Å². The lowest BCUT2D eigenvalue weighted by atomic mass is 9.86. The van der Waals surface area contributed by atoms with Crippen molar-refractivity contribution >= 4 is 21.8 Å². The van der Waals surface area contributed by atoms with Crippen LogP contribution in [0.3, 0.4) is 0 Å². The smallest absolute Gasteiger partial charge is 0.137 e. The van der Waals surface area contributed by atoms with E-state index in [1.54, 1.807) is 12.1 Å². The molecule has 7 aromatic rings. The number of aryl methyl sites for hydroxylation is 2. The summed E-state index contributed by atoms with van der Waals surface area (Å²) in [6, 6.07) is 32.4. The molecule has 0 radical (unpaired) electrons. The molecule has 0 amide bonds. The molecule has 0 fully saturated rings. The van der Waals surface area contributed by atoms with Crippen LogP contribution in [-0.2, 0) is 17.3 Å². The van der Waals surface area contributed by atoms with Gasteiger partial charge in [0, 0.05) is 38.8 Å². The topological polar surface area (TPSA) is 44.9 Å². The van der Waals surface area contributed by atoms with Gasteiger partial charge in [-0.25, -0.2) is 9.67 Å². The summed E-state index contributed by atoms with van der Waals surface area (Å²) in [6.07, 6.45) is 2.66. The Morgan fingerprint density at radius 1 is 0.735 bits per heavy atom. The van der Waals surface area contributed by atoms with Gasteiger partial charge >= 0.3 is 0 Å². The number of pyridine rings is 1. The van der Waals surface area contributed by atoms with Crippen molar-refractivity contribution in [3.05, 3.63) is 131 Å².